The number of halogens is 1. The van der Waals surface area contributed by atoms with Crippen LogP contribution in [0, 0.1) is 11.3 Å². The molecule has 1 saturated heterocycles. The minimum Gasteiger partial charge on any atom is -0.371 e. The molecule has 1 heterocycles. The molecule has 0 saturated carbocycles. The summed E-state index contributed by atoms with van der Waals surface area (Å²) in [7, 11) is 2.01. The summed E-state index contributed by atoms with van der Waals surface area (Å²) in [5.41, 5.74) is 3.23. The molecule has 1 N–H and O–H groups in total. The summed E-state index contributed by atoms with van der Waals surface area (Å²) < 4.78 is 1.16. The number of nitrogens with one attached hydrogen (secondary N) is 1. The SMILES string of the molecule is CNCc1cc(Br)ccc1N1CCC(C(C)(C)C)CC1. The lowest BCUT2D eigenvalue weighted by Crippen LogP contribution is -2.38. The third-order valence-electron chi connectivity index (χ3n) is 4.47. The molecule has 2 nitrogen and oxygen atoms in total. The lowest BCUT2D eigenvalue weighted by atomic mass is 9.75. The third-order valence-corrected chi connectivity index (χ3v) is 4.96. The molecule has 0 atom stereocenters. The first-order chi connectivity index (χ1) is 9.41. The zero-order chi connectivity index (χ0) is 14.8. The monoisotopic (exact) mass is 338 g/mol. The summed E-state index contributed by atoms with van der Waals surface area (Å²) in [5.74, 6) is 0.849. The van der Waals surface area contributed by atoms with Gasteiger partial charge in [0.2, 0.25) is 0 Å². The Morgan fingerprint density at radius 2 is 1.90 bits per heavy atom. The summed E-state index contributed by atoms with van der Waals surface area (Å²) in [6.45, 7) is 10.4. The van der Waals surface area contributed by atoms with Crippen LogP contribution in [0.4, 0.5) is 5.69 Å². The first-order valence-electron chi connectivity index (χ1n) is 7.60. The summed E-state index contributed by atoms with van der Waals surface area (Å²) in [5, 5.41) is 3.28. The highest BCUT2D eigenvalue weighted by atomic mass is 79.9. The molecular formula is C17H27BrN2. The van der Waals surface area contributed by atoms with E-state index in [4.69, 9.17) is 0 Å². The second-order valence-electron chi connectivity index (χ2n) is 6.93. The van der Waals surface area contributed by atoms with Gasteiger partial charge < -0.3 is 10.2 Å². The van der Waals surface area contributed by atoms with E-state index in [9.17, 15) is 0 Å². The Labute approximate surface area is 132 Å². The van der Waals surface area contributed by atoms with Gasteiger partial charge in [0, 0.05) is 29.8 Å². The molecule has 1 aromatic rings. The van der Waals surface area contributed by atoms with Crippen LogP contribution in [0.5, 0.6) is 0 Å². The molecule has 0 aliphatic carbocycles. The summed E-state index contributed by atoms with van der Waals surface area (Å²) in [6.07, 6.45) is 2.61. The topological polar surface area (TPSA) is 15.3 Å². The maximum Gasteiger partial charge on any atom is 0.0412 e. The van der Waals surface area contributed by atoms with Gasteiger partial charge in [-0.15, -0.1) is 0 Å². The van der Waals surface area contributed by atoms with Crippen LogP contribution in [-0.2, 0) is 6.54 Å². The molecular weight excluding hydrogens is 312 g/mol. The van der Waals surface area contributed by atoms with Crippen molar-refractivity contribution in [3.8, 4) is 0 Å². The third kappa shape index (κ3) is 3.76. The van der Waals surface area contributed by atoms with Crippen molar-refractivity contribution < 1.29 is 0 Å². The van der Waals surface area contributed by atoms with E-state index in [2.05, 4.69) is 65.1 Å². The largest absolute Gasteiger partial charge is 0.371 e. The maximum absolute atomic E-state index is 3.58. The van der Waals surface area contributed by atoms with Crippen molar-refractivity contribution in [2.75, 3.05) is 25.0 Å². The highest BCUT2D eigenvalue weighted by Crippen LogP contribution is 2.36. The van der Waals surface area contributed by atoms with Crippen molar-refractivity contribution >= 4 is 21.6 Å². The van der Waals surface area contributed by atoms with Gasteiger partial charge >= 0.3 is 0 Å². The number of hydrogen-bond acceptors (Lipinski definition) is 2. The van der Waals surface area contributed by atoms with Gasteiger partial charge in [-0.05, 0) is 55.0 Å². The van der Waals surface area contributed by atoms with Gasteiger partial charge in [-0.3, -0.25) is 0 Å². The Balaban J connectivity index is 2.10. The Kier molecular flexibility index (Phi) is 5.14. The van der Waals surface area contributed by atoms with E-state index in [1.165, 1.54) is 37.2 Å². The fourth-order valence-electron chi connectivity index (χ4n) is 3.18. The van der Waals surface area contributed by atoms with Crippen molar-refractivity contribution in [1.29, 1.82) is 0 Å². The van der Waals surface area contributed by atoms with Crippen molar-refractivity contribution in [3.05, 3.63) is 28.2 Å². The molecule has 0 radical (unpaired) electrons. The van der Waals surface area contributed by atoms with E-state index in [1.807, 2.05) is 7.05 Å². The maximum atomic E-state index is 3.58. The van der Waals surface area contributed by atoms with Crippen molar-refractivity contribution in [2.45, 2.75) is 40.2 Å². The Bertz CT molecular complexity index is 443. The standard InChI is InChI=1S/C17H27BrN2/c1-17(2,3)14-7-9-20(10-8-14)16-6-5-15(18)11-13(16)12-19-4/h5-6,11,14,19H,7-10,12H2,1-4H3. The van der Waals surface area contributed by atoms with Crippen LogP contribution in [0.2, 0.25) is 0 Å². The molecule has 0 unspecified atom stereocenters. The van der Waals surface area contributed by atoms with Gasteiger partial charge in [0.05, 0.1) is 0 Å². The quantitative estimate of drug-likeness (QED) is 0.876. The van der Waals surface area contributed by atoms with Crippen LogP contribution >= 0.6 is 15.9 Å². The molecule has 0 amide bonds. The van der Waals surface area contributed by atoms with Crippen LogP contribution in [0.15, 0.2) is 22.7 Å². The van der Waals surface area contributed by atoms with E-state index < -0.39 is 0 Å². The zero-order valence-electron chi connectivity index (χ0n) is 13.2. The van der Waals surface area contributed by atoms with E-state index in [1.54, 1.807) is 0 Å². The summed E-state index contributed by atoms with van der Waals surface area (Å²) >= 11 is 3.58. The highest BCUT2D eigenvalue weighted by molar-refractivity contribution is 9.10. The van der Waals surface area contributed by atoms with Crippen LogP contribution in [0.3, 0.4) is 0 Å². The average molecular weight is 339 g/mol. The summed E-state index contributed by atoms with van der Waals surface area (Å²) in [4.78, 5) is 2.56. The first kappa shape index (κ1) is 15.8. The molecule has 1 fully saturated rings. The lowest BCUT2D eigenvalue weighted by molar-refractivity contribution is 0.199. The van der Waals surface area contributed by atoms with E-state index in [0.717, 1.165) is 16.9 Å². The van der Waals surface area contributed by atoms with Crippen LogP contribution in [-0.4, -0.2) is 20.1 Å². The Morgan fingerprint density at radius 3 is 2.45 bits per heavy atom. The van der Waals surface area contributed by atoms with Gasteiger partial charge in [0.25, 0.3) is 0 Å². The second-order valence-corrected chi connectivity index (χ2v) is 7.85. The van der Waals surface area contributed by atoms with Crippen molar-refractivity contribution in [1.82, 2.24) is 5.32 Å². The molecule has 0 spiro atoms. The van der Waals surface area contributed by atoms with Gasteiger partial charge in [-0.2, -0.15) is 0 Å². The van der Waals surface area contributed by atoms with E-state index in [-0.39, 0.29) is 0 Å². The lowest BCUT2D eigenvalue weighted by Gasteiger charge is -2.40. The predicted octanol–water partition coefficient (Wildman–Crippen LogP) is 4.43. The fraction of sp³-hybridized carbons (Fsp3) is 0.647. The Morgan fingerprint density at radius 1 is 1.25 bits per heavy atom. The highest BCUT2D eigenvalue weighted by Gasteiger charge is 2.29. The Hall–Kier alpha value is -0.540. The first-order valence-corrected chi connectivity index (χ1v) is 8.39. The average Bonchev–Trinajstić information content (AvgIpc) is 2.38. The van der Waals surface area contributed by atoms with Crippen LogP contribution in [0.25, 0.3) is 0 Å². The van der Waals surface area contributed by atoms with E-state index in [0.29, 0.717) is 5.41 Å². The van der Waals surface area contributed by atoms with Crippen molar-refractivity contribution in [3.63, 3.8) is 0 Å². The van der Waals surface area contributed by atoms with E-state index >= 15 is 0 Å². The van der Waals surface area contributed by atoms with Crippen molar-refractivity contribution in [2.24, 2.45) is 11.3 Å². The van der Waals surface area contributed by atoms with Gasteiger partial charge in [0.15, 0.2) is 0 Å². The smallest absolute Gasteiger partial charge is 0.0412 e. The molecule has 0 aromatic heterocycles. The predicted molar refractivity (Wildman–Crippen MR) is 91.3 cm³/mol. The minimum absolute atomic E-state index is 0.444. The number of rotatable bonds is 3. The van der Waals surface area contributed by atoms with Gasteiger partial charge in [-0.25, -0.2) is 0 Å². The zero-order valence-corrected chi connectivity index (χ0v) is 14.8. The number of piperidine rings is 1. The number of nitrogens with zero attached hydrogens (tertiary/aromatic N) is 1. The molecule has 1 aliphatic heterocycles. The van der Waals surface area contributed by atoms with Crippen LogP contribution in [0.1, 0.15) is 39.2 Å². The van der Waals surface area contributed by atoms with Gasteiger partial charge in [0.1, 0.15) is 0 Å². The number of anilines is 1. The van der Waals surface area contributed by atoms with Gasteiger partial charge in [-0.1, -0.05) is 36.7 Å². The number of benzene rings is 1. The minimum atomic E-state index is 0.444. The normalized spacial score (nSPS) is 17.6. The second kappa shape index (κ2) is 6.48. The fourth-order valence-corrected chi connectivity index (χ4v) is 3.59. The molecule has 20 heavy (non-hydrogen) atoms. The number of hydrogen-bond donors (Lipinski definition) is 1. The molecule has 1 aliphatic rings. The molecule has 2 rings (SSSR count). The molecule has 112 valence electrons. The molecule has 3 heteroatoms. The summed E-state index contributed by atoms with van der Waals surface area (Å²) in [6, 6.07) is 6.65. The van der Waals surface area contributed by atoms with Crippen LogP contribution < -0.4 is 10.2 Å². The molecule has 0 bridgehead atoms. The molecule has 1 aromatic carbocycles.